The number of aliphatic hydroxyl groups is 1. The summed E-state index contributed by atoms with van der Waals surface area (Å²) in [6.07, 6.45) is 4.14. The van der Waals surface area contributed by atoms with Crippen LogP contribution in [0.4, 0.5) is 0 Å². The third-order valence-electron chi connectivity index (χ3n) is 3.53. The first kappa shape index (κ1) is 11.6. The molecule has 2 heteroatoms. The van der Waals surface area contributed by atoms with E-state index in [2.05, 4.69) is 36.5 Å². The molecule has 2 N–H and O–H groups in total. The molecule has 1 aliphatic carbocycles. The number of hydrogen-bond acceptors (Lipinski definition) is 2. The zero-order valence-electron chi connectivity index (χ0n) is 9.95. The van der Waals surface area contributed by atoms with Gasteiger partial charge in [0.2, 0.25) is 0 Å². The third-order valence-corrected chi connectivity index (χ3v) is 3.53. The molecule has 2 nitrogen and oxygen atoms in total. The smallest absolute Gasteiger partial charge is 0.0693 e. The number of rotatable bonds is 4. The normalized spacial score (nSPS) is 24.9. The van der Waals surface area contributed by atoms with E-state index in [1.807, 2.05) is 0 Å². The molecule has 88 valence electrons. The van der Waals surface area contributed by atoms with Crippen LogP contribution in [0.15, 0.2) is 24.3 Å². The quantitative estimate of drug-likeness (QED) is 0.814. The van der Waals surface area contributed by atoms with Gasteiger partial charge in [0.05, 0.1) is 6.10 Å². The molecule has 0 aliphatic heterocycles. The highest BCUT2D eigenvalue weighted by molar-refractivity contribution is 5.26. The van der Waals surface area contributed by atoms with Crippen molar-refractivity contribution in [2.45, 2.75) is 51.3 Å². The van der Waals surface area contributed by atoms with Gasteiger partial charge in [-0.2, -0.15) is 0 Å². The van der Waals surface area contributed by atoms with E-state index in [0.29, 0.717) is 6.04 Å². The van der Waals surface area contributed by atoms with Gasteiger partial charge in [0.25, 0.3) is 0 Å². The fourth-order valence-electron chi connectivity index (χ4n) is 2.49. The Kier molecular flexibility index (Phi) is 3.97. The van der Waals surface area contributed by atoms with Crippen LogP contribution in [0.3, 0.4) is 0 Å². The van der Waals surface area contributed by atoms with Crippen LogP contribution in [-0.4, -0.2) is 17.3 Å². The summed E-state index contributed by atoms with van der Waals surface area (Å²) in [5, 5.41) is 13.2. The van der Waals surface area contributed by atoms with E-state index in [-0.39, 0.29) is 6.10 Å². The Labute approximate surface area is 97.7 Å². The van der Waals surface area contributed by atoms with Crippen molar-refractivity contribution in [3.05, 3.63) is 35.4 Å². The van der Waals surface area contributed by atoms with Gasteiger partial charge in [0.15, 0.2) is 0 Å². The highest BCUT2D eigenvalue weighted by Crippen LogP contribution is 2.19. The standard InChI is InChI=1S/C14H21NO/c1-2-11-6-3-4-7-12(11)10-15-13-8-5-9-14(13)16/h3-4,6-7,13-16H,2,5,8-10H2,1H3. The first-order valence-electron chi connectivity index (χ1n) is 6.29. The van der Waals surface area contributed by atoms with E-state index in [0.717, 1.165) is 32.2 Å². The maximum absolute atomic E-state index is 9.73. The summed E-state index contributed by atoms with van der Waals surface area (Å²) >= 11 is 0. The molecule has 0 aromatic heterocycles. The minimum atomic E-state index is -0.145. The Bertz CT molecular complexity index is 337. The summed E-state index contributed by atoms with van der Waals surface area (Å²) in [5.74, 6) is 0. The molecule has 1 saturated carbocycles. The van der Waals surface area contributed by atoms with E-state index >= 15 is 0 Å². The molecule has 0 bridgehead atoms. The van der Waals surface area contributed by atoms with Gasteiger partial charge < -0.3 is 10.4 Å². The minimum Gasteiger partial charge on any atom is -0.392 e. The number of aliphatic hydroxyl groups excluding tert-OH is 1. The van der Waals surface area contributed by atoms with Crippen molar-refractivity contribution in [3.8, 4) is 0 Å². The number of aryl methyl sites for hydroxylation is 1. The van der Waals surface area contributed by atoms with Crippen LogP contribution in [0.5, 0.6) is 0 Å². The Morgan fingerprint density at radius 2 is 2.00 bits per heavy atom. The number of hydrogen-bond donors (Lipinski definition) is 2. The Morgan fingerprint density at radius 3 is 2.62 bits per heavy atom. The van der Waals surface area contributed by atoms with Crippen molar-refractivity contribution >= 4 is 0 Å². The lowest BCUT2D eigenvalue weighted by atomic mass is 10.0. The highest BCUT2D eigenvalue weighted by atomic mass is 16.3. The van der Waals surface area contributed by atoms with Crippen LogP contribution >= 0.6 is 0 Å². The van der Waals surface area contributed by atoms with Crippen molar-refractivity contribution in [2.24, 2.45) is 0 Å². The number of benzene rings is 1. The summed E-state index contributed by atoms with van der Waals surface area (Å²) in [4.78, 5) is 0. The van der Waals surface area contributed by atoms with Crippen molar-refractivity contribution in [1.29, 1.82) is 0 Å². The Hall–Kier alpha value is -0.860. The fraction of sp³-hybridized carbons (Fsp3) is 0.571. The van der Waals surface area contributed by atoms with Gasteiger partial charge in [0.1, 0.15) is 0 Å². The molecular weight excluding hydrogens is 198 g/mol. The molecular formula is C14H21NO. The number of nitrogens with one attached hydrogen (secondary N) is 1. The van der Waals surface area contributed by atoms with Gasteiger partial charge in [-0.1, -0.05) is 31.2 Å². The zero-order valence-corrected chi connectivity index (χ0v) is 9.95. The van der Waals surface area contributed by atoms with Crippen LogP contribution in [0, 0.1) is 0 Å². The zero-order chi connectivity index (χ0) is 11.4. The molecule has 0 radical (unpaired) electrons. The van der Waals surface area contributed by atoms with E-state index in [9.17, 15) is 5.11 Å². The summed E-state index contributed by atoms with van der Waals surface area (Å²) in [5.41, 5.74) is 2.77. The van der Waals surface area contributed by atoms with Gasteiger partial charge in [0, 0.05) is 12.6 Å². The molecule has 1 fully saturated rings. The minimum absolute atomic E-state index is 0.145. The molecule has 2 atom stereocenters. The third kappa shape index (κ3) is 2.63. The van der Waals surface area contributed by atoms with Crippen LogP contribution < -0.4 is 5.32 Å². The molecule has 1 aliphatic rings. The second kappa shape index (κ2) is 5.46. The predicted molar refractivity (Wildman–Crippen MR) is 66.3 cm³/mol. The summed E-state index contributed by atoms with van der Waals surface area (Å²) < 4.78 is 0. The molecule has 0 saturated heterocycles. The second-order valence-electron chi connectivity index (χ2n) is 4.61. The van der Waals surface area contributed by atoms with E-state index in [4.69, 9.17) is 0 Å². The lowest BCUT2D eigenvalue weighted by Crippen LogP contribution is -2.35. The largest absolute Gasteiger partial charge is 0.392 e. The molecule has 1 aromatic rings. The van der Waals surface area contributed by atoms with Gasteiger partial charge in [-0.15, -0.1) is 0 Å². The molecule has 2 rings (SSSR count). The predicted octanol–water partition coefficient (Wildman–Crippen LogP) is 2.25. The van der Waals surface area contributed by atoms with Crippen LogP contribution in [0.1, 0.15) is 37.3 Å². The van der Waals surface area contributed by atoms with Crippen LogP contribution in [0.25, 0.3) is 0 Å². The van der Waals surface area contributed by atoms with Crippen LogP contribution in [-0.2, 0) is 13.0 Å². The highest BCUT2D eigenvalue weighted by Gasteiger charge is 2.24. The van der Waals surface area contributed by atoms with Crippen molar-refractivity contribution < 1.29 is 5.11 Å². The first-order chi connectivity index (χ1) is 7.81. The van der Waals surface area contributed by atoms with Gasteiger partial charge in [-0.25, -0.2) is 0 Å². The monoisotopic (exact) mass is 219 g/mol. The van der Waals surface area contributed by atoms with Gasteiger partial charge in [-0.05, 0) is 36.8 Å². The van der Waals surface area contributed by atoms with E-state index in [1.165, 1.54) is 11.1 Å². The second-order valence-corrected chi connectivity index (χ2v) is 4.61. The molecule has 0 amide bonds. The maximum Gasteiger partial charge on any atom is 0.0693 e. The molecule has 0 spiro atoms. The lowest BCUT2D eigenvalue weighted by molar-refractivity contribution is 0.148. The summed E-state index contributed by atoms with van der Waals surface area (Å²) in [7, 11) is 0. The van der Waals surface area contributed by atoms with Crippen LogP contribution in [0.2, 0.25) is 0 Å². The SMILES string of the molecule is CCc1ccccc1CNC1CCCC1O. The first-order valence-corrected chi connectivity index (χ1v) is 6.29. The molecule has 1 aromatic carbocycles. The average molecular weight is 219 g/mol. The van der Waals surface area contributed by atoms with Crippen molar-refractivity contribution in [3.63, 3.8) is 0 Å². The van der Waals surface area contributed by atoms with E-state index in [1.54, 1.807) is 0 Å². The van der Waals surface area contributed by atoms with Crippen molar-refractivity contribution in [2.75, 3.05) is 0 Å². The van der Waals surface area contributed by atoms with Gasteiger partial charge in [-0.3, -0.25) is 0 Å². The Morgan fingerprint density at radius 1 is 1.25 bits per heavy atom. The molecule has 2 unspecified atom stereocenters. The molecule has 0 heterocycles. The summed E-state index contributed by atoms with van der Waals surface area (Å²) in [6.45, 7) is 3.06. The Balaban J connectivity index is 1.93. The fourth-order valence-corrected chi connectivity index (χ4v) is 2.49. The van der Waals surface area contributed by atoms with Crippen molar-refractivity contribution in [1.82, 2.24) is 5.32 Å². The topological polar surface area (TPSA) is 32.3 Å². The average Bonchev–Trinajstić information content (AvgIpc) is 2.72. The van der Waals surface area contributed by atoms with Gasteiger partial charge >= 0.3 is 0 Å². The lowest BCUT2D eigenvalue weighted by Gasteiger charge is -2.17. The molecule has 16 heavy (non-hydrogen) atoms. The summed E-state index contributed by atoms with van der Waals surface area (Å²) in [6, 6.07) is 8.83. The maximum atomic E-state index is 9.73. The van der Waals surface area contributed by atoms with E-state index < -0.39 is 0 Å².